The van der Waals surface area contributed by atoms with Crippen LogP contribution in [0.5, 0.6) is 5.75 Å². The zero-order valence-electron chi connectivity index (χ0n) is 9.86. The van der Waals surface area contributed by atoms with Crippen LogP contribution >= 0.6 is 0 Å². The van der Waals surface area contributed by atoms with Gasteiger partial charge in [-0.1, -0.05) is 12.1 Å². The first kappa shape index (κ1) is 12.3. The molecule has 0 amide bonds. The lowest BCUT2D eigenvalue weighted by Gasteiger charge is -2.28. The third-order valence-electron chi connectivity index (χ3n) is 3.26. The topological polar surface area (TPSA) is 47.3 Å². The molecule has 94 valence electrons. The number of piperidine rings is 1. The van der Waals surface area contributed by atoms with Crippen molar-refractivity contribution in [3.63, 3.8) is 0 Å². The highest BCUT2D eigenvalue weighted by Crippen LogP contribution is 2.18. The fraction of sp³-hybridized carbons (Fsp3) is 0.538. The van der Waals surface area contributed by atoms with Crippen LogP contribution in [0.4, 0.5) is 4.39 Å². The Bertz CT molecular complexity index is 353. The Morgan fingerprint density at radius 1 is 1.35 bits per heavy atom. The quantitative estimate of drug-likeness (QED) is 0.836. The second-order valence-corrected chi connectivity index (χ2v) is 4.49. The standard InChI is InChI=1S/C13H19FN2O/c14-11-3-1-2-4-13(11)17-9-12(15)10-5-7-16-8-6-10/h1-4,10,12,16H,5-9,15H2. The minimum Gasteiger partial charge on any atom is -0.489 e. The lowest BCUT2D eigenvalue weighted by molar-refractivity contribution is 0.213. The first-order chi connectivity index (χ1) is 8.27. The highest BCUT2D eigenvalue weighted by molar-refractivity contribution is 5.23. The van der Waals surface area contributed by atoms with Gasteiger partial charge in [0.25, 0.3) is 0 Å². The van der Waals surface area contributed by atoms with E-state index in [1.165, 1.54) is 6.07 Å². The van der Waals surface area contributed by atoms with Gasteiger partial charge in [0.1, 0.15) is 6.61 Å². The number of halogens is 1. The van der Waals surface area contributed by atoms with Crippen molar-refractivity contribution in [2.75, 3.05) is 19.7 Å². The van der Waals surface area contributed by atoms with Crippen molar-refractivity contribution in [3.8, 4) is 5.75 Å². The Hall–Kier alpha value is -1.13. The third-order valence-corrected chi connectivity index (χ3v) is 3.26. The number of hydrogen-bond acceptors (Lipinski definition) is 3. The average Bonchev–Trinajstić information content (AvgIpc) is 2.38. The van der Waals surface area contributed by atoms with E-state index < -0.39 is 0 Å². The number of nitrogens with one attached hydrogen (secondary N) is 1. The molecule has 0 spiro atoms. The first-order valence-electron chi connectivity index (χ1n) is 6.11. The molecule has 1 aliphatic heterocycles. The summed E-state index contributed by atoms with van der Waals surface area (Å²) in [4.78, 5) is 0. The fourth-order valence-electron chi connectivity index (χ4n) is 2.16. The molecule has 1 atom stereocenters. The molecule has 3 N–H and O–H groups in total. The molecule has 1 aromatic rings. The van der Waals surface area contributed by atoms with Crippen molar-refractivity contribution < 1.29 is 9.13 Å². The van der Waals surface area contributed by atoms with Crippen LogP contribution in [-0.2, 0) is 0 Å². The Morgan fingerprint density at radius 3 is 2.76 bits per heavy atom. The maximum Gasteiger partial charge on any atom is 0.165 e. The number of nitrogens with two attached hydrogens (primary N) is 1. The van der Waals surface area contributed by atoms with Crippen LogP contribution < -0.4 is 15.8 Å². The van der Waals surface area contributed by atoms with Crippen LogP contribution in [0, 0.1) is 11.7 Å². The van der Waals surface area contributed by atoms with E-state index in [0.717, 1.165) is 25.9 Å². The van der Waals surface area contributed by atoms with Crippen molar-refractivity contribution in [2.24, 2.45) is 11.7 Å². The zero-order chi connectivity index (χ0) is 12.1. The number of hydrogen-bond donors (Lipinski definition) is 2. The van der Waals surface area contributed by atoms with Crippen LogP contribution in [0.25, 0.3) is 0 Å². The van der Waals surface area contributed by atoms with E-state index in [0.29, 0.717) is 12.5 Å². The summed E-state index contributed by atoms with van der Waals surface area (Å²) in [6.45, 7) is 2.40. The molecule has 4 heteroatoms. The van der Waals surface area contributed by atoms with Crippen molar-refractivity contribution in [1.82, 2.24) is 5.32 Å². The molecule has 1 heterocycles. The summed E-state index contributed by atoms with van der Waals surface area (Å²) >= 11 is 0. The van der Waals surface area contributed by atoms with E-state index in [1.807, 2.05) is 0 Å². The van der Waals surface area contributed by atoms with Gasteiger partial charge < -0.3 is 15.8 Å². The average molecular weight is 238 g/mol. The Morgan fingerprint density at radius 2 is 2.06 bits per heavy atom. The van der Waals surface area contributed by atoms with Crippen molar-refractivity contribution in [3.05, 3.63) is 30.1 Å². The number of ether oxygens (including phenoxy) is 1. The van der Waals surface area contributed by atoms with E-state index in [4.69, 9.17) is 10.5 Å². The highest BCUT2D eigenvalue weighted by atomic mass is 19.1. The van der Waals surface area contributed by atoms with Crippen LogP contribution in [0.3, 0.4) is 0 Å². The van der Waals surface area contributed by atoms with E-state index >= 15 is 0 Å². The zero-order valence-corrected chi connectivity index (χ0v) is 9.86. The summed E-state index contributed by atoms with van der Waals surface area (Å²) in [6, 6.07) is 6.41. The van der Waals surface area contributed by atoms with Gasteiger partial charge in [-0.05, 0) is 44.0 Å². The molecule has 1 fully saturated rings. The third kappa shape index (κ3) is 3.41. The molecule has 1 aromatic carbocycles. The molecule has 1 saturated heterocycles. The molecule has 0 aromatic heterocycles. The summed E-state index contributed by atoms with van der Waals surface area (Å²) in [5.41, 5.74) is 6.07. The molecule has 0 radical (unpaired) electrons. The predicted octanol–water partition coefficient (Wildman–Crippen LogP) is 1.53. The summed E-state index contributed by atoms with van der Waals surface area (Å²) in [5.74, 6) is 0.435. The second kappa shape index (κ2) is 5.98. The van der Waals surface area contributed by atoms with Gasteiger partial charge in [-0.25, -0.2) is 4.39 Å². The molecule has 1 aliphatic rings. The lowest BCUT2D eigenvalue weighted by atomic mass is 9.91. The molecular formula is C13H19FN2O. The monoisotopic (exact) mass is 238 g/mol. The van der Waals surface area contributed by atoms with Crippen molar-refractivity contribution in [2.45, 2.75) is 18.9 Å². The fourth-order valence-corrected chi connectivity index (χ4v) is 2.16. The largest absolute Gasteiger partial charge is 0.489 e. The van der Waals surface area contributed by atoms with Crippen LogP contribution in [0.15, 0.2) is 24.3 Å². The van der Waals surface area contributed by atoms with Crippen molar-refractivity contribution >= 4 is 0 Å². The molecule has 2 rings (SSSR count). The Balaban J connectivity index is 1.83. The maximum absolute atomic E-state index is 13.3. The summed E-state index contributed by atoms with van der Waals surface area (Å²) in [5, 5.41) is 3.30. The van der Waals surface area contributed by atoms with E-state index in [1.54, 1.807) is 18.2 Å². The number of benzene rings is 1. The molecule has 0 aliphatic carbocycles. The normalized spacial score (nSPS) is 18.9. The van der Waals surface area contributed by atoms with Gasteiger partial charge in [-0.2, -0.15) is 0 Å². The molecule has 17 heavy (non-hydrogen) atoms. The minimum atomic E-state index is -0.329. The van der Waals surface area contributed by atoms with E-state index in [-0.39, 0.29) is 17.6 Å². The number of rotatable bonds is 4. The van der Waals surface area contributed by atoms with Gasteiger partial charge in [0.15, 0.2) is 11.6 Å². The molecule has 0 saturated carbocycles. The minimum absolute atomic E-state index is 0.0169. The lowest BCUT2D eigenvalue weighted by Crippen LogP contribution is -2.41. The Kier molecular flexibility index (Phi) is 4.34. The predicted molar refractivity (Wildman–Crippen MR) is 65.5 cm³/mol. The Labute approximate surface area is 101 Å². The first-order valence-corrected chi connectivity index (χ1v) is 6.11. The van der Waals surface area contributed by atoms with E-state index in [9.17, 15) is 4.39 Å². The van der Waals surface area contributed by atoms with Gasteiger partial charge in [0.05, 0.1) is 0 Å². The van der Waals surface area contributed by atoms with Crippen LogP contribution in [0.2, 0.25) is 0 Å². The van der Waals surface area contributed by atoms with Crippen molar-refractivity contribution in [1.29, 1.82) is 0 Å². The second-order valence-electron chi connectivity index (χ2n) is 4.49. The van der Waals surface area contributed by atoms with Gasteiger partial charge in [-0.3, -0.25) is 0 Å². The molecule has 0 bridgehead atoms. The highest BCUT2D eigenvalue weighted by Gasteiger charge is 2.20. The summed E-state index contributed by atoms with van der Waals surface area (Å²) in [7, 11) is 0. The molecular weight excluding hydrogens is 219 g/mol. The van der Waals surface area contributed by atoms with Gasteiger partial charge in [0, 0.05) is 6.04 Å². The van der Waals surface area contributed by atoms with E-state index in [2.05, 4.69) is 5.32 Å². The summed E-state index contributed by atoms with van der Waals surface area (Å²) in [6.07, 6.45) is 2.14. The molecule has 3 nitrogen and oxygen atoms in total. The van der Waals surface area contributed by atoms with Crippen LogP contribution in [0.1, 0.15) is 12.8 Å². The smallest absolute Gasteiger partial charge is 0.165 e. The SMILES string of the molecule is NC(COc1ccccc1F)C1CCNCC1. The number of para-hydroxylation sites is 1. The molecule has 1 unspecified atom stereocenters. The van der Waals surface area contributed by atoms with Gasteiger partial charge in [0.2, 0.25) is 0 Å². The van der Waals surface area contributed by atoms with Gasteiger partial charge >= 0.3 is 0 Å². The summed E-state index contributed by atoms with van der Waals surface area (Å²) < 4.78 is 18.7. The van der Waals surface area contributed by atoms with Crippen LogP contribution in [-0.4, -0.2) is 25.7 Å². The van der Waals surface area contributed by atoms with Gasteiger partial charge in [-0.15, -0.1) is 0 Å². The maximum atomic E-state index is 13.3.